The van der Waals surface area contributed by atoms with Gasteiger partial charge in [-0.3, -0.25) is 0 Å². The number of hydrogen-bond acceptors (Lipinski definition) is 3. The van der Waals surface area contributed by atoms with Crippen molar-refractivity contribution in [1.82, 2.24) is 0 Å². The number of rotatable bonds is 8. The van der Waals surface area contributed by atoms with Crippen molar-refractivity contribution in [1.29, 1.82) is 0 Å². The van der Waals surface area contributed by atoms with Crippen LogP contribution in [-0.2, 0) is 0 Å². The third kappa shape index (κ3) is 4.21. The average molecular weight is 303 g/mol. The quantitative estimate of drug-likeness (QED) is 0.756. The summed E-state index contributed by atoms with van der Waals surface area (Å²) in [5, 5.41) is 0. The van der Waals surface area contributed by atoms with E-state index < -0.39 is 0 Å². The molecule has 2 N–H and O–H groups in total. The van der Waals surface area contributed by atoms with Crippen molar-refractivity contribution < 1.29 is 13.9 Å². The van der Waals surface area contributed by atoms with E-state index in [4.69, 9.17) is 15.2 Å². The maximum absolute atomic E-state index is 13.8. The van der Waals surface area contributed by atoms with E-state index >= 15 is 0 Å². The fourth-order valence-corrected chi connectivity index (χ4v) is 2.46. The largest absolute Gasteiger partial charge is 0.493 e. The van der Waals surface area contributed by atoms with Gasteiger partial charge in [0.15, 0.2) is 11.5 Å². The summed E-state index contributed by atoms with van der Waals surface area (Å²) in [6.45, 7) is 0.973. The zero-order valence-corrected chi connectivity index (χ0v) is 12.8. The van der Waals surface area contributed by atoms with Crippen molar-refractivity contribution >= 4 is 0 Å². The maximum atomic E-state index is 13.8. The molecule has 2 rings (SSSR count). The first kappa shape index (κ1) is 16.3. The Bertz CT molecular complexity index is 589. The van der Waals surface area contributed by atoms with E-state index in [9.17, 15) is 4.39 Å². The molecule has 1 unspecified atom stereocenters. The summed E-state index contributed by atoms with van der Waals surface area (Å²) in [6, 6.07) is 14.3. The Kier molecular flexibility index (Phi) is 6.22. The number of para-hydroxylation sites is 2. The average Bonchev–Trinajstić information content (AvgIpc) is 2.56. The Morgan fingerprint density at radius 3 is 2.41 bits per heavy atom. The van der Waals surface area contributed by atoms with Crippen LogP contribution in [0.2, 0.25) is 0 Å². The normalized spacial score (nSPS) is 12.0. The summed E-state index contributed by atoms with van der Waals surface area (Å²) in [4.78, 5) is 0. The van der Waals surface area contributed by atoms with Crippen molar-refractivity contribution in [2.24, 2.45) is 5.73 Å². The molecule has 3 nitrogen and oxygen atoms in total. The lowest BCUT2D eigenvalue weighted by molar-refractivity contribution is 0.282. The molecule has 0 aliphatic heterocycles. The summed E-state index contributed by atoms with van der Waals surface area (Å²) in [5.74, 6) is 1.26. The Hall–Kier alpha value is -2.07. The van der Waals surface area contributed by atoms with Crippen molar-refractivity contribution in [3.63, 3.8) is 0 Å². The van der Waals surface area contributed by atoms with Crippen molar-refractivity contribution in [3.8, 4) is 11.5 Å². The molecule has 0 bridgehead atoms. The van der Waals surface area contributed by atoms with E-state index in [0.717, 1.165) is 18.6 Å². The molecule has 4 heteroatoms. The number of nitrogens with two attached hydrogens (primary N) is 1. The smallest absolute Gasteiger partial charge is 0.161 e. The van der Waals surface area contributed by atoms with Gasteiger partial charge in [-0.05, 0) is 49.1 Å². The van der Waals surface area contributed by atoms with Gasteiger partial charge in [0, 0.05) is 0 Å². The summed E-state index contributed by atoms with van der Waals surface area (Å²) in [7, 11) is 1.62. The Balaban J connectivity index is 1.86. The molecule has 0 saturated carbocycles. The van der Waals surface area contributed by atoms with Gasteiger partial charge in [-0.15, -0.1) is 0 Å². The standard InChI is InChI=1S/C18H22FNO2/c1-21-17-10-4-5-11-18(17)22-12-6-7-14(13-20)15-8-2-3-9-16(15)19/h2-5,8-11,14H,6-7,12-13,20H2,1H3. The van der Waals surface area contributed by atoms with Crippen LogP contribution < -0.4 is 15.2 Å². The molecule has 1 atom stereocenters. The van der Waals surface area contributed by atoms with Gasteiger partial charge in [-0.25, -0.2) is 4.39 Å². The Morgan fingerprint density at radius 1 is 1.05 bits per heavy atom. The predicted octanol–water partition coefficient (Wildman–Crippen LogP) is 3.74. The lowest BCUT2D eigenvalue weighted by Crippen LogP contribution is -2.15. The SMILES string of the molecule is COc1ccccc1OCCCC(CN)c1ccccc1F. The number of hydrogen-bond donors (Lipinski definition) is 1. The van der Waals surface area contributed by atoms with Gasteiger partial charge < -0.3 is 15.2 Å². The Labute approximate surface area is 130 Å². The molecular weight excluding hydrogens is 281 g/mol. The van der Waals surface area contributed by atoms with Gasteiger partial charge in [0.25, 0.3) is 0 Å². The minimum Gasteiger partial charge on any atom is -0.493 e. The Morgan fingerprint density at radius 2 is 1.73 bits per heavy atom. The second-order valence-corrected chi connectivity index (χ2v) is 5.10. The molecule has 22 heavy (non-hydrogen) atoms. The molecule has 2 aromatic rings. The van der Waals surface area contributed by atoms with Crippen LogP contribution >= 0.6 is 0 Å². The van der Waals surface area contributed by atoms with Gasteiger partial charge in [0.1, 0.15) is 5.82 Å². The highest BCUT2D eigenvalue weighted by molar-refractivity contribution is 5.39. The third-order valence-corrected chi connectivity index (χ3v) is 3.65. The summed E-state index contributed by atoms with van der Waals surface area (Å²) >= 11 is 0. The van der Waals surface area contributed by atoms with Crippen LogP contribution in [0.4, 0.5) is 4.39 Å². The van der Waals surface area contributed by atoms with E-state index in [-0.39, 0.29) is 11.7 Å². The molecule has 0 spiro atoms. The van der Waals surface area contributed by atoms with Gasteiger partial charge >= 0.3 is 0 Å². The van der Waals surface area contributed by atoms with Crippen LogP contribution in [0.3, 0.4) is 0 Å². The first-order valence-corrected chi connectivity index (χ1v) is 7.46. The van der Waals surface area contributed by atoms with Crippen molar-refractivity contribution in [2.75, 3.05) is 20.3 Å². The van der Waals surface area contributed by atoms with Crippen molar-refractivity contribution in [3.05, 3.63) is 59.9 Å². The number of halogens is 1. The zero-order chi connectivity index (χ0) is 15.8. The molecule has 0 aliphatic carbocycles. The second kappa shape index (κ2) is 8.39. The molecule has 0 heterocycles. The maximum Gasteiger partial charge on any atom is 0.161 e. The van der Waals surface area contributed by atoms with Gasteiger partial charge in [-0.2, -0.15) is 0 Å². The molecule has 0 saturated heterocycles. The second-order valence-electron chi connectivity index (χ2n) is 5.10. The summed E-state index contributed by atoms with van der Waals surface area (Å²) in [6.07, 6.45) is 1.58. The molecule has 0 fully saturated rings. The molecule has 0 amide bonds. The monoisotopic (exact) mass is 303 g/mol. The third-order valence-electron chi connectivity index (χ3n) is 3.65. The molecule has 0 aliphatic rings. The number of methoxy groups -OCH3 is 1. The minimum atomic E-state index is -0.191. The fraction of sp³-hybridized carbons (Fsp3) is 0.333. The van der Waals surface area contributed by atoms with Crippen LogP contribution in [0.15, 0.2) is 48.5 Å². The first-order valence-electron chi connectivity index (χ1n) is 7.46. The number of ether oxygens (including phenoxy) is 2. The summed E-state index contributed by atoms with van der Waals surface area (Å²) < 4.78 is 24.8. The van der Waals surface area contributed by atoms with Crippen LogP contribution in [-0.4, -0.2) is 20.3 Å². The van der Waals surface area contributed by atoms with Crippen LogP contribution in [0, 0.1) is 5.82 Å². The van der Waals surface area contributed by atoms with E-state index in [1.165, 1.54) is 6.07 Å². The lowest BCUT2D eigenvalue weighted by Gasteiger charge is -2.16. The van der Waals surface area contributed by atoms with Gasteiger partial charge in [-0.1, -0.05) is 30.3 Å². The topological polar surface area (TPSA) is 44.5 Å². The van der Waals surface area contributed by atoms with E-state index in [1.807, 2.05) is 30.3 Å². The first-order chi connectivity index (χ1) is 10.8. The molecule has 118 valence electrons. The van der Waals surface area contributed by atoms with E-state index in [1.54, 1.807) is 19.2 Å². The van der Waals surface area contributed by atoms with Gasteiger partial charge in [0.2, 0.25) is 0 Å². The molecule has 2 aromatic carbocycles. The highest BCUT2D eigenvalue weighted by Crippen LogP contribution is 2.27. The predicted molar refractivity (Wildman–Crippen MR) is 85.9 cm³/mol. The minimum absolute atomic E-state index is 0.0162. The van der Waals surface area contributed by atoms with Crippen LogP contribution in [0.5, 0.6) is 11.5 Å². The number of benzene rings is 2. The van der Waals surface area contributed by atoms with Gasteiger partial charge in [0.05, 0.1) is 13.7 Å². The molecule has 0 aromatic heterocycles. The highest BCUT2D eigenvalue weighted by atomic mass is 19.1. The zero-order valence-electron chi connectivity index (χ0n) is 12.8. The van der Waals surface area contributed by atoms with E-state index in [2.05, 4.69) is 0 Å². The fourth-order valence-electron chi connectivity index (χ4n) is 2.46. The van der Waals surface area contributed by atoms with Crippen LogP contribution in [0.1, 0.15) is 24.3 Å². The lowest BCUT2D eigenvalue weighted by atomic mass is 9.94. The highest BCUT2D eigenvalue weighted by Gasteiger charge is 2.13. The summed E-state index contributed by atoms with van der Waals surface area (Å²) in [5.41, 5.74) is 6.47. The van der Waals surface area contributed by atoms with E-state index in [0.29, 0.717) is 24.5 Å². The molecular formula is C18H22FNO2. The van der Waals surface area contributed by atoms with Crippen LogP contribution in [0.25, 0.3) is 0 Å². The molecule has 0 radical (unpaired) electrons. The van der Waals surface area contributed by atoms with Crippen molar-refractivity contribution in [2.45, 2.75) is 18.8 Å².